The van der Waals surface area contributed by atoms with Crippen LogP contribution in [0.4, 0.5) is 11.4 Å². The van der Waals surface area contributed by atoms with Gasteiger partial charge in [0.15, 0.2) is 13.9 Å². The van der Waals surface area contributed by atoms with Crippen molar-refractivity contribution in [2.24, 2.45) is 5.92 Å². The molecule has 7 rings (SSSR count). The van der Waals surface area contributed by atoms with E-state index in [1.54, 1.807) is 47.2 Å². The maximum absolute atomic E-state index is 15.0. The number of hydrogen-bond acceptors (Lipinski definition) is 7. The lowest BCUT2D eigenvalue weighted by molar-refractivity contribution is -0.151. The normalized spacial score (nSPS) is 23.6. The summed E-state index contributed by atoms with van der Waals surface area (Å²) in [7, 11) is -1.47. The number of halogens is 1. The van der Waals surface area contributed by atoms with Crippen molar-refractivity contribution < 1.29 is 33.8 Å². The summed E-state index contributed by atoms with van der Waals surface area (Å²) in [5.74, 6) is -0.512. The highest BCUT2D eigenvalue weighted by atomic mass is 79.9. The summed E-state index contributed by atoms with van der Waals surface area (Å²) in [6.45, 7) is 6.04. The van der Waals surface area contributed by atoms with E-state index in [1.807, 2.05) is 80.7 Å². The van der Waals surface area contributed by atoms with E-state index in [9.17, 15) is 24.3 Å². The van der Waals surface area contributed by atoms with Crippen LogP contribution in [-0.4, -0.2) is 66.7 Å². The highest BCUT2D eigenvalue weighted by Gasteiger charge is 2.66. The van der Waals surface area contributed by atoms with E-state index >= 15 is 0 Å². The first-order valence-electron chi connectivity index (χ1n) is 17.9. The largest absolute Gasteiger partial charge is 0.497 e. The number of anilines is 2. The van der Waals surface area contributed by atoms with Gasteiger partial charge in [-0.2, -0.15) is 0 Å². The fourth-order valence-electron chi connectivity index (χ4n) is 8.61. The predicted molar refractivity (Wildman–Crippen MR) is 208 cm³/mol. The lowest BCUT2D eigenvalue weighted by Crippen LogP contribution is -2.48. The molecule has 12 heteroatoms. The highest BCUT2D eigenvalue weighted by Crippen LogP contribution is 2.60. The van der Waals surface area contributed by atoms with Crippen LogP contribution < -0.4 is 15.0 Å². The van der Waals surface area contributed by atoms with Crippen LogP contribution in [0.25, 0.3) is 0 Å². The zero-order valence-corrected chi connectivity index (χ0v) is 32.8. The Morgan fingerprint density at radius 3 is 2.45 bits per heavy atom. The Balaban J connectivity index is 1.17. The van der Waals surface area contributed by atoms with E-state index in [0.717, 1.165) is 21.2 Å². The van der Waals surface area contributed by atoms with Crippen molar-refractivity contribution >= 4 is 53.3 Å². The number of aliphatic hydroxyl groups excluding tert-OH is 1. The zero-order valence-electron chi connectivity index (χ0n) is 30.2. The van der Waals surface area contributed by atoms with E-state index in [-0.39, 0.29) is 43.3 Å². The molecule has 0 radical (unpaired) electrons. The number of nitrogens with one attached hydrogen (secondary N) is 1. The Bertz CT molecular complexity index is 2050. The number of hydrogen-bond donors (Lipinski definition) is 3. The average molecular weight is 799 g/mol. The second-order valence-electron chi connectivity index (χ2n) is 14.8. The summed E-state index contributed by atoms with van der Waals surface area (Å²) < 4.78 is 12.9. The fourth-order valence-corrected chi connectivity index (χ4v) is 11.5. The molecule has 0 aromatic heterocycles. The number of methoxy groups -OCH3 is 1. The highest BCUT2D eigenvalue weighted by molar-refractivity contribution is 9.10. The van der Waals surface area contributed by atoms with E-state index < -0.39 is 31.5 Å². The van der Waals surface area contributed by atoms with Gasteiger partial charge in [0, 0.05) is 39.3 Å². The van der Waals surface area contributed by atoms with Crippen LogP contribution in [0, 0.1) is 5.92 Å². The maximum atomic E-state index is 15.0. The van der Waals surface area contributed by atoms with Gasteiger partial charge in [0.25, 0.3) is 11.8 Å². The molecular formula is C41H44BrN3O7Si. The first kappa shape index (κ1) is 37.0. The summed E-state index contributed by atoms with van der Waals surface area (Å²) in [5.41, 5.74) is 3.51. The minimum Gasteiger partial charge on any atom is -0.497 e. The topological polar surface area (TPSA) is 129 Å². The average Bonchev–Trinajstić information content (AvgIpc) is 3.56. The van der Waals surface area contributed by atoms with Gasteiger partial charge in [-0.3, -0.25) is 14.4 Å². The van der Waals surface area contributed by atoms with Crippen LogP contribution in [0.3, 0.4) is 0 Å². The van der Waals surface area contributed by atoms with Gasteiger partial charge in [-0.25, -0.2) is 0 Å². The Labute approximate surface area is 319 Å². The summed E-state index contributed by atoms with van der Waals surface area (Å²) >= 11 is 3.61. The number of carbonyl (C=O) groups excluding carboxylic acids is 3. The summed E-state index contributed by atoms with van der Waals surface area (Å²) in [5, 5.41) is 13.3. The number of rotatable bonds is 9. The molecule has 53 heavy (non-hydrogen) atoms. The lowest BCUT2D eigenvalue weighted by Gasteiger charge is -2.37. The van der Waals surface area contributed by atoms with Gasteiger partial charge in [0.2, 0.25) is 5.91 Å². The molecule has 0 aliphatic carbocycles. The van der Waals surface area contributed by atoms with Gasteiger partial charge in [-0.1, -0.05) is 59.3 Å². The Morgan fingerprint density at radius 2 is 1.75 bits per heavy atom. The third kappa shape index (κ3) is 6.83. The van der Waals surface area contributed by atoms with E-state index in [2.05, 4.69) is 21.2 Å². The van der Waals surface area contributed by atoms with Gasteiger partial charge in [-0.15, -0.1) is 0 Å². The molecule has 3 heterocycles. The van der Waals surface area contributed by atoms with E-state index in [4.69, 9.17) is 9.47 Å². The number of fused-ring (bicyclic) bond motifs is 3. The van der Waals surface area contributed by atoms with Crippen molar-refractivity contribution in [2.75, 3.05) is 23.9 Å². The number of carbonyl (C=O) groups is 3. The molecule has 3 N–H and O–H groups in total. The van der Waals surface area contributed by atoms with Gasteiger partial charge >= 0.3 is 0 Å². The first-order valence-corrected chi connectivity index (χ1v) is 21.7. The van der Waals surface area contributed by atoms with Gasteiger partial charge in [0.1, 0.15) is 5.75 Å². The molecule has 3 aliphatic heterocycles. The van der Waals surface area contributed by atoms with Crippen molar-refractivity contribution in [1.82, 2.24) is 4.90 Å². The minimum atomic E-state index is -3.04. The fraction of sp³-hybridized carbons (Fsp3) is 0.341. The van der Waals surface area contributed by atoms with Crippen LogP contribution in [-0.2, 0) is 39.4 Å². The second kappa shape index (κ2) is 14.5. The third-order valence-electron chi connectivity index (χ3n) is 11.1. The first-order chi connectivity index (χ1) is 25.3. The predicted octanol–water partition coefficient (Wildman–Crippen LogP) is 6.39. The molecule has 5 atom stereocenters. The van der Waals surface area contributed by atoms with Crippen LogP contribution in [0.1, 0.15) is 46.0 Å². The van der Waals surface area contributed by atoms with Crippen molar-refractivity contribution in [3.8, 4) is 5.75 Å². The number of nitrogens with zero attached hydrogens (tertiary/aromatic N) is 2. The van der Waals surface area contributed by atoms with Gasteiger partial charge < -0.3 is 34.5 Å². The smallest absolute Gasteiger partial charge is 0.264 e. The minimum absolute atomic E-state index is 0.0288. The van der Waals surface area contributed by atoms with E-state index in [0.29, 0.717) is 41.2 Å². The molecule has 1 saturated heterocycles. The molecular weight excluding hydrogens is 754 g/mol. The van der Waals surface area contributed by atoms with Gasteiger partial charge in [-0.05, 0) is 90.8 Å². The molecule has 1 spiro atoms. The number of amides is 3. The quantitative estimate of drug-likeness (QED) is 0.168. The third-order valence-corrected chi connectivity index (χ3v) is 14.1. The molecule has 4 aromatic rings. The molecule has 0 saturated carbocycles. The van der Waals surface area contributed by atoms with Crippen molar-refractivity contribution in [3.63, 3.8) is 0 Å². The molecule has 3 amide bonds. The standard InChI is InChI=1S/C41H44BrN3O7Si/c1-25-38(53(3,4)50)36(21-37(47)44-23-29-10-6-5-9-28(29)19-32(44)24-46)52-41(25)34-20-30(42)14-17-35(34)45(40(41)49)22-26-8-7-11-31(18-26)43-39(48)27-12-15-33(51-2)16-13-27/h5-18,20,25,32,36,38,46,50H,19,21-24H2,1-4H3,(H,43,48)/t25-,32-,36+,38-,41+/m0/s1. The molecule has 10 nitrogen and oxygen atoms in total. The molecule has 3 aliphatic rings. The van der Waals surface area contributed by atoms with Crippen LogP contribution >= 0.6 is 15.9 Å². The summed E-state index contributed by atoms with van der Waals surface area (Å²) in [6, 6.07) is 27.5. The zero-order chi connectivity index (χ0) is 37.7. The maximum Gasteiger partial charge on any atom is 0.264 e. The molecule has 0 unspecified atom stereocenters. The van der Waals surface area contributed by atoms with Crippen LogP contribution in [0.2, 0.25) is 18.6 Å². The van der Waals surface area contributed by atoms with Crippen LogP contribution in [0.5, 0.6) is 5.75 Å². The second-order valence-corrected chi connectivity index (χ2v) is 19.7. The van der Waals surface area contributed by atoms with Crippen molar-refractivity contribution in [3.05, 3.63) is 123 Å². The lowest BCUT2D eigenvalue weighted by atomic mass is 9.82. The van der Waals surface area contributed by atoms with Gasteiger partial charge in [0.05, 0.1) is 44.5 Å². The van der Waals surface area contributed by atoms with E-state index in [1.165, 1.54) is 0 Å². The molecule has 4 aromatic carbocycles. The summed E-state index contributed by atoms with van der Waals surface area (Å²) in [6.07, 6.45) is -0.207. The monoisotopic (exact) mass is 797 g/mol. The Kier molecular flexibility index (Phi) is 10.1. The SMILES string of the molecule is COc1ccc(C(=O)Nc2cccc(CN3C(=O)[C@]4(O[C@H](CC(=O)N5Cc6ccccc6C[C@H]5CO)[C@@H]([Si](C)(C)O)[C@@H]4C)c4cc(Br)ccc43)c2)cc1. The van der Waals surface area contributed by atoms with Crippen molar-refractivity contribution in [1.29, 1.82) is 0 Å². The Morgan fingerprint density at radius 1 is 1.02 bits per heavy atom. The molecule has 0 bridgehead atoms. The van der Waals surface area contributed by atoms with Crippen LogP contribution in [0.15, 0.2) is 95.5 Å². The number of aliphatic hydroxyl groups is 1. The number of benzene rings is 4. The Hall–Kier alpha value is -4.33. The molecule has 276 valence electrons. The van der Waals surface area contributed by atoms with Crippen molar-refractivity contribution in [2.45, 2.75) is 69.2 Å². The number of ether oxygens (including phenoxy) is 2. The molecule has 1 fully saturated rings. The summed E-state index contributed by atoms with van der Waals surface area (Å²) in [4.78, 5) is 57.4.